The molecule has 7 heteroatoms. The van der Waals surface area contributed by atoms with Crippen LogP contribution < -0.4 is 5.32 Å². The molecule has 1 aliphatic heterocycles. The second kappa shape index (κ2) is 7.86. The first kappa shape index (κ1) is 17.0. The van der Waals surface area contributed by atoms with Crippen molar-refractivity contribution in [2.45, 2.75) is 50.9 Å². The number of nitrogens with zero attached hydrogens (tertiary/aromatic N) is 3. The first-order valence-corrected chi connectivity index (χ1v) is 9.36. The lowest BCUT2D eigenvalue weighted by Crippen LogP contribution is -2.47. The molecular formula is C19H25N5O2. The maximum atomic E-state index is 12.5. The van der Waals surface area contributed by atoms with E-state index in [4.69, 9.17) is 4.74 Å². The fourth-order valence-electron chi connectivity index (χ4n) is 3.29. The predicted octanol–water partition coefficient (Wildman–Crippen LogP) is 2.57. The topological polar surface area (TPSA) is 83.1 Å². The third-order valence-corrected chi connectivity index (χ3v) is 4.93. The zero-order valence-electron chi connectivity index (χ0n) is 14.9. The zero-order valence-corrected chi connectivity index (χ0v) is 14.9. The van der Waals surface area contributed by atoms with Gasteiger partial charge in [0.25, 0.3) is 0 Å². The van der Waals surface area contributed by atoms with Gasteiger partial charge in [-0.2, -0.15) is 5.10 Å². The first-order valence-electron chi connectivity index (χ1n) is 9.36. The van der Waals surface area contributed by atoms with Crippen LogP contribution in [0.1, 0.15) is 48.7 Å². The average molecular weight is 355 g/mol. The van der Waals surface area contributed by atoms with Gasteiger partial charge in [0.1, 0.15) is 0 Å². The lowest BCUT2D eigenvalue weighted by molar-refractivity contribution is -0.00168. The predicted molar refractivity (Wildman–Crippen MR) is 96.4 cm³/mol. The molecule has 26 heavy (non-hydrogen) atoms. The summed E-state index contributed by atoms with van der Waals surface area (Å²) >= 11 is 0. The minimum absolute atomic E-state index is 0.0429. The highest BCUT2D eigenvalue weighted by atomic mass is 16.5. The van der Waals surface area contributed by atoms with Gasteiger partial charge in [-0.1, -0.05) is 6.07 Å². The number of H-pyrrole nitrogens is 1. The van der Waals surface area contributed by atoms with Gasteiger partial charge in [-0.15, -0.1) is 0 Å². The van der Waals surface area contributed by atoms with Gasteiger partial charge in [0.2, 0.25) is 0 Å². The van der Waals surface area contributed by atoms with E-state index in [1.807, 2.05) is 23.1 Å². The van der Waals surface area contributed by atoms with Gasteiger partial charge in [-0.3, -0.25) is 10.1 Å². The molecule has 1 saturated heterocycles. The molecule has 2 aromatic heterocycles. The summed E-state index contributed by atoms with van der Waals surface area (Å²) in [6.45, 7) is 2.36. The number of pyridine rings is 1. The molecule has 1 aliphatic carbocycles. The number of aromatic nitrogens is 3. The van der Waals surface area contributed by atoms with Crippen molar-refractivity contribution < 1.29 is 9.53 Å². The summed E-state index contributed by atoms with van der Waals surface area (Å²) in [5, 5.41) is 10.3. The number of piperidine rings is 1. The number of likely N-dealkylation sites (tertiary alicyclic amines) is 1. The lowest BCUT2D eigenvalue weighted by Gasteiger charge is -2.32. The second-order valence-electron chi connectivity index (χ2n) is 7.09. The minimum Gasteiger partial charge on any atom is -0.370 e. The first-order chi connectivity index (χ1) is 12.8. The number of nitrogens with one attached hydrogen (secondary N) is 2. The molecule has 3 heterocycles. The van der Waals surface area contributed by atoms with Gasteiger partial charge >= 0.3 is 6.03 Å². The van der Waals surface area contributed by atoms with Gasteiger partial charge in [0.15, 0.2) is 0 Å². The number of hydrogen-bond acceptors (Lipinski definition) is 4. The summed E-state index contributed by atoms with van der Waals surface area (Å²) in [6.07, 6.45) is 6.21. The molecule has 0 radical (unpaired) electrons. The van der Waals surface area contributed by atoms with E-state index >= 15 is 0 Å². The van der Waals surface area contributed by atoms with Crippen LogP contribution in [0.25, 0.3) is 0 Å². The minimum atomic E-state index is -0.0429. The van der Waals surface area contributed by atoms with Gasteiger partial charge in [-0.25, -0.2) is 4.79 Å². The molecule has 2 amide bonds. The second-order valence-corrected chi connectivity index (χ2v) is 7.09. The largest absolute Gasteiger partial charge is 0.370 e. The van der Waals surface area contributed by atoms with Gasteiger partial charge in [0, 0.05) is 25.2 Å². The van der Waals surface area contributed by atoms with E-state index in [-0.39, 0.29) is 12.1 Å². The Morgan fingerprint density at radius 1 is 1.35 bits per heavy atom. The number of ether oxygens (including phenoxy) is 1. The number of rotatable bonds is 6. The Hall–Kier alpha value is -2.41. The van der Waals surface area contributed by atoms with Crippen LogP contribution in [0, 0.1) is 0 Å². The van der Waals surface area contributed by atoms with Crippen LogP contribution in [0.15, 0.2) is 30.5 Å². The van der Waals surface area contributed by atoms with Crippen LogP contribution in [0.5, 0.6) is 0 Å². The highest BCUT2D eigenvalue weighted by Crippen LogP contribution is 2.38. The Bertz CT molecular complexity index is 729. The number of aromatic amines is 1. The molecule has 1 saturated carbocycles. The van der Waals surface area contributed by atoms with Crippen LogP contribution in [0.2, 0.25) is 0 Å². The number of carbonyl (C=O) groups is 1. The standard InChI is InChI=1S/C19H25N5O2/c25-19(21-11-16-10-18(23-22-16)14-6-7-14)24-9-3-5-17(12-24)26-13-15-4-1-2-8-20-15/h1-2,4,8,10,14,17H,3,5-7,9,11-13H2,(H,21,25)(H,22,23). The summed E-state index contributed by atoms with van der Waals surface area (Å²) < 4.78 is 5.95. The maximum absolute atomic E-state index is 12.5. The van der Waals surface area contributed by atoms with Gasteiger partial charge in [-0.05, 0) is 43.9 Å². The molecule has 0 aromatic carbocycles. The number of carbonyl (C=O) groups excluding carboxylic acids is 1. The SMILES string of the molecule is O=C(NCc1cc(C2CC2)n[nH]1)N1CCCC(OCc2ccccn2)C1. The molecular weight excluding hydrogens is 330 g/mol. The van der Waals surface area contributed by atoms with E-state index in [0.29, 0.717) is 25.6 Å². The Morgan fingerprint density at radius 2 is 2.27 bits per heavy atom. The zero-order chi connectivity index (χ0) is 17.8. The molecule has 4 rings (SSSR count). The van der Waals surface area contributed by atoms with E-state index in [1.54, 1.807) is 6.20 Å². The van der Waals surface area contributed by atoms with Crippen molar-refractivity contribution >= 4 is 6.03 Å². The highest BCUT2D eigenvalue weighted by Gasteiger charge is 2.27. The van der Waals surface area contributed by atoms with Crippen LogP contribution in [0.4, 0.5) is 4.79 Å². The van der Waals surface area contributed by atoms with E-state index < -0.39 is 0 Å². The Morgan fingerprint density at radius 3 is 3.08 bits per heavy atom. The third kappa shape index (κ3) is 4.40. The molecule has 0 bridgehead atoms. The third-order valence-electron chi connectivity index (χ3n) is 4.93. The Kier molecular flexibility index (Phi) is 5.15. The number of urea groups is 1. The Labute approximate surface area is 153 Å². The van der Waals surface area contributed by atoms with Crippen molar-refractivity contribution in [1.82, 2.24) is 25.4 Å². The molecule has 2 aromatic rings. The molecule has 7 nitrogen and oxygen atoms in total. The van der Waals surface area contributed by atoms with Crippen molar-refractivity contribution in [3.63, 3.8) is 0 Å². The lowest BCUT2D eigenvalue weighted by atomic mass is 10.1. The summed E-state index contributed by atoms with van der Waals surface area (Å²) in [5.41, 5.74) is 3.00. The van der Waals surface area contributed by atoms with Crippen LogP contribution in [-0.4, -0.2) is 45.3 Å². The van der Waals surface area contributed by atoms with Crippen molar-refractivity contribution in [2.24, 2.45) is 0 Å². The van der Waals surface area contributed by atoms with Gasteiger partial charge < -0.3 is 15.0 Å². The summed E-state index contributed by atoms with van der Waals surface area (Å²) in [4.78, 5) is 18.6. The molecule has 1 atom stereocenters. The maximum Gasteiger partial charge on any atom is 0.317 e. The van der Waals surface area contributed by atoms with Gasteiger partial charge in [0.05, 0.1) is 36.3 Å². The summed E-state index contributed by atoms with van der Waals surface area (Å²) in [7, 11) is 0. The van der Waals surface area contributed by atoms with Crippen LogP contribution in [0.3, 0.4) is 0 Å². The normalized spacial score (nSPS) is 20.2. The molecule has 138 valence electrons. The average Bonchev–Trinajstić information content (AvgIpc) is 3.44. The molecule has 2 aliphatic rings. The fraction of sp³-hybridized carbons (Fsp3) is 0.526. The van der Waals surface area contributed by atoms with Crippen LogP contribution >= 0.6 is 0 Å². The molecule has 2 fully saturated rings. The fourth-order valence-corrected chi connectivity index (χ4v) is 3.29. The number of hydrogen-bond donors (Lipinski definition) is 2. The summed E-state index contributed by atoms with van der Waals surface area (Å²) in [6, 6.07) is 7.82. The quantitative estimate of drug-likeness (QED) is 0.834. The van der Waals surface area contributed by atoms with Crippen molar-refractivity contribution in [2.75, 3.05) is 13.1 Å². The van der Waals surface area contributed by atoms with Crippen LogP contribution in [-0.2, 0) is 17.9 Å². The summed E-state index contributed by atoms with van der Waals surface area (Å²) in [5.74, 6) is 0.620. The molecule has 0 spiro atoms. The highest BCUT2D eigenvalue weighted by molar-refractivity contribution is 5.74. The van der Waals surface area contributed by atoms with Crippen molar-refractivity contribution in [3.05, 3.63) is 47.5 Å². The molecule has 2 N–H and O–H groups in total. The van der Waals surface area contributed by atoms with Crippen molar-refractivity contribution in [1.29, 1.82) is 0 Å². The molecule has 1 unspecified atom stereocenters. The van der Waals surface area contributed by atoms with E-state index in [1.165, 1.54) is 12.8 Å². The number of amides is 2. The Balaban J connectivity index is 1.23. The van der Waals surface area contributed by atoms with E-state index in [0.717, 1.165) is 36.5 Å². The van der Waals surface area contributed by atoms with E-state index in [9.17, 15) is 4.79 Å². The van der Waals surface area contributed by atoms with Crippen molar-refractivity contribution in [3.8, 4) is 0 Å². The smallest absolute Gasteiger partial charge is 0.317 e. The monoisotopic (exact) mass is 355 g/mol. The van der Waals surface area contributed by atoms with E-state index in [2.05, 4.69) is 26.6 Å².